The molecule has 1 N–H and O–H groups in total. The lowest BCUT2D eigenvalue weighted by Gasteiger charge is -2.27. The second-order valence-electron chi connectivity index (χ2n) is 3.37. The molecule has 0 aliphatic carbocycles. The first kappa shape index (κ1) is 10.4. The molecule has 1 saturated heterocycles. The Morgan fingerprint density at radius 3 is 2.73 bits per heavy atom. The Balaban J connectivity index is 2.34. The molecule has 15 heavy (non-hydrogen) atoms. The van der Waals surface area contributed by atoms with Crippen LogP contribution in [0.2, 0.25) is 0 Å². The number of H-pyrrole nitrogens is 1. The monoisotopic (exact) mass is 228 g/mol. The summed E-state index contributed by atoms with van der Waals surface area (Å²) in [4.78, 5) is 24.7. The number of ketones is 1. The number of hydrogen-bond acceptors (Lipinski definition) is 5. The predicted octanol–water partition coefficient (Wildman–Crippen LogP) is 0.476. The Labute approximate surface area is 90.8 Å². The lowest BCUT2D eigenvalue weighted by Crippen LogP contribution is -2.36. The second-order valence-corrected chi connectivity index (χ2v) is 4.16. The fourth-order valence-electron chi connectivity index (χ4n) is 1.59. The number of aromatic amines is 1. The van der Waals surface area contributed by atoms with Gasteiger partial charge in [0, 0.05) is 13.1 Å². The van der Waals surface area contributed by atoms with Gasteiger partial charge in [0.15, 0.2) is 5.78 Å². The van der Waals surface area contributed by atoms with Crippen LogP contribution in [-0.2, 0) is 4.74 Å². The van der Waals surface area contributed by atoms with Crippen molar-refractivity contribution in [2.45, 2.75) is 6.92 Å². The number of ether oxygens (including phenoxy) is 1. The summed E-state index contributed by atoms with van der Waals surface area (Å²) in [6.07, 6.45) is 0. The molecule has 0 radical (unpaired) electrons. The van der Waals surface area contributed by atoms with Gasteiger partial charge in [-0.05, 0) is 18.5 Å². The molecule has 0 unspecified atom stereocenters. The van der Waals surface area contributed by atoms with E-state index in [0.29, 0.717) is 13.2 Å². The van der Waals surface area contributed by atoms with Crippen LogP contribution in [0.4, 0.5) is 5.00 Å². The number of carbonyl (C=O) groups excluding carboxylic acids is 1. The summed E-state index contributed by atoms with van der Waals surface area (Å²) in [5.74, 6) is -0.181. The van der Waals surface area contributed by atoms with Crippen molar-refractivity contribution in [2.75, 3.05) is 31.2 Å². The highest BCUT2D eigenvalue weighted by molar-refractivity contribution is 7.10. The molecule has 82 valence electrons. The molecule has 1 aliphatic rings. The normalized spacial score (nSPS) is 16.7. The Kier molecular flexibility index (Phi) is 2.88. The van der Waals surface area contributed by atoms with Crippen LogP contribution in [-0.4, -0.2) is 36.5 Å². The van der Waals surface area contributed by atoms with Crippen LogP contribution in [0.25, 0.3) is 0 Å². The molecule has 1 fully saturated rings. The Morgan fingerprint density at radius 1 is 1.47 bits per heavy atom. The van der Waals surface area contributed by atoms with Crippen LogP contribution >= 0.6 is 11.5 Å². The second kappa shape index (κ2) is 4.16. The molecule has 0 bridgehead atoms. The zero-order valence-electron chi connectivity index (χ0n) is 8.41. The average Bonchev–Trinajstić information content (AvgIpc) is 2.61. The first-order valence-electron chi connectivity index (χ1n) is 4.75. The average molecular weight is 228 g/mol. The lowest BCUT2D eigenvalue weighted by atomic mass is 10.2. The zero-order valence-corrected chi connectivity index (χ0v) is 9.23. The van der Waals surface area contributed by atoms with Crippen molar-refractivity contribution >= 4 is 22.3 Å². The van der Waals surface area contributed by atoms with Gasteiger partial charge in [-0.3, -0.25) is 14.0 Å². The van der Waals surface area contributed by atoms with Gasteiger partial charge >= 0.3 is 0 Å². The van der Waals surface area contributed by atoms with Gasteiger partial charge in [-0.1, -0.05) is 0 Å². The molecule has 0 atom stereocenters. The van der Waals surface area contributed by atoms with E-state index in [4.69, 9.17) is 4.74 Å². The van der Waals surface area contributed by atoms with E-state index in [9.17, 15) is 9.59 Å². The SMILES string of the molecule is CC(=O)c1c(N2CCOCC2)s[nH]c1=O. The van der Waals surface area contributed by atoms with Gasteiger partial charge in [0.2, 0.25) is 0 Å². The summed E-state index contributed by atoms with van der Waals surface area (Å²) in [6.45, 7) is 4.16. The Bertz CT molecular complexity index is 417. The smallest absolute Gasteiger partial charge is 0.271 e. The van der Waals surface area contributed by atoms with Gasteiger partial charge in [0.25, 0.3) is 5.56 Å². The number of anilines is 1. The molecule has 5 nitrogen and oxygen atoms in total. The molecular formula is C9H12N2O3S. The van der Waals surface area contributed by atoms with E-state index in [-0.39, 0.29) is 16.9 Å². The van der Waals surface area contributed by atoms with Crippen molar-refractivity contribution in [3.63, 3.8) is 0 Å². The molecule has 0 amide bonds. The topological polar surface area (TPSA) is 62.4 Å². The number of hydrogen-bond donors (Lipinski definition) is 1. The quantitative estimate of drug-likeness (QED) is 0.748. The largest absolute Gasteiger partial charge is 0.378 e. The van der Waals surface area contributed by atoms with E-state index in [1.807, 2.05) is 4.90 Å². The van der Waals surface area contributed by atoms with Crippen LogP contribution < -0.4 is 10.5 Å². The fourth-order valence-corrected chi connectivity index (χ4v) is 2.54. The fraction of sp³-hybridized carbons (Fsp3) is 0.556. The number of aromatic nitrogens is 1. The summed E-state index contributed by atoms with van der Waals surface area (Å²) in [5.41, 5.74) is -0.00380. The van der Waals surface area contributed by atoms with Gasteiger partial charge in [-0.25, -0.2) is 0 Å². The molecular weight excluding hydrogens is 216 g/mol. The van der Waals surface area contributed by atoms with Gasteiger partial charge in [-0.15, -0.1) is 0 Å². The van der Waals surface area contributed by atoms with Crippen molar-refractivity contribution in [3.05, 3.63) is 15.9 Å². The highest BCUT2D eigenvalue weighted by Gasteiger charge is 2.21. The molecule has 1 aromatic heterocycles. The van der Waals surface area contributed by atoms with Crippen molar-refractivity contribution in [1.82, 2.24) is 4.37 Å². The number of rotatable bonds is 2. The Hall–Kier alpha value is -1.14. The summed E-state index contributed by atoms with van der Waals surface area (Å²) < 4.78 is 7.82. The molecule has 2 rings (SSSR count). The highest BCUT2D eigenvalue weighted by Crippen LogP contribution is 2.23. The molecule has 0 spiro atoms. The maximum atomic E-state index is 11.4. The number of nitrogens with zero attached hydrogens (tertiary/aromatic N) is 1. The van der Waals surface area contributed by atoms with Crippen LogP contribution in [0.5, 0.6) is 0 Å². The maximum Gasteiger partial charge on any atom is 0.271 e. The third kappa shape index (κ3) is 1.95. The van der Waals surface area contributed by atoms with Crippen molar-refractivity contribution in [1.29, 1.82) is 0 Å². The predicted molar refractivity (Wildman–Crippen MR) is 58.0 cm³/mol. The van der Waals surface area contributed by atoms with E-state index < -0.39 is 0 Å². The van der Waals surface area contributed by atoms with Gasteiger partial charge in [0.1, 0.15) is 10.6 Å². The van der Waals surface area contributed by atoms with Crippen LogP contribution in [0.3, 0.4) is 0 Å². The number of Topliss-reactive ketones (excluding diaryl/α,β-unsaturated/α-hetero) is 1. The van der Waals surface area contributed by atoms with Crippen LogP contribution in [0.15, 0.2) is 4.79 Å². The molecule has 6 heteroatoms. The summed E-state index contributed by atoms with van der Waals surface area (Å²) in [7, 11) is 0. The van der Waals surface area contributed by atoms with Crippen LogP contribution in [0.1, 0.15) is 17.3 Å². The summed E-state index contributed by atoms with van der Waals surface area (Å²) >= 11 is 1.22. The minimum Gasteiger partial charge on any atom is -0.378 e. The first-order chi connectivity index (χ1) is 7.20. The molecule has 0 aromatic carbocycles. The van der Waals surface area contributed by atoms with E-state index in [1.54, 1.807) is 0 Å². The van der Waals surface area contributed by atoms with Crippen molar-refractivity contribution in [2.24, 2.45) is 0 Å². The minimum absolute atomic E-state index is 0.181. The summed E-state index contributed by atoms with van der Waals surface area (Å²) in [5, 5.41) is 0.746. The number of morpholine rings is 1. The van der Waals surface area contributed by atoms with E-state index in [0.717, 1.165) is 18.1 Å². The molecule has 0 saturated carbocycles. The van der Waals surface area contributed by atoms with Crippen molar-refractivity contribution < 1.29 is 9.53 Å². The minimum atomic E-state index is -0.283. The maximum absolute atomic E-state index is 11.4. The van der Waals surface area contributed by atoms with Gasteiger partial charge in [-0.2, -0.15) is 0 Å². The third-order valence-electron chi connectivity index (χ3n) is 2.33. The standard InChI is InChI=1S/C9H12N2O3S/c1-6(12)7-8(13)10-15-9(7)11-2-4-14-5-3-11/h2-5H2,1H3,(H,10,13). The van der Waals surface area contributed by atoms with Gasteiger partial charge < -0.3 is 9.64 Å². The van der Waals surface area contributed by atoms with Crippen LogP contribution in [0, 0.1) is 0 Å². The highest BCUT2D eigenvalue weighted by atomic mass is 32.1. The molecule has 2 heterocycles. The van der Waals surface area contributed by atoms with E-state index in [1.165, 1.54) is 18.5 Å². The lowest BCUT2D eigenvalue weighted by molar-refractivity contribution is 0.101. The zero-order chi connectivity index (χ0) is 10.8. The molecule has 1 aliphatic heterocycles. The Morgan fingerprint density at radius 2 is 2.13 bits per heavy atom. The third-order valence-corrected chi connectivity index (χ3v) is 3.27. The first-order valence-corrected chi connectivity index (χ1v) is 5.57. The number of carbonyl (C=O) groups is 1. The summed E-state index contributed by atoms with van der Waals surface area (Å²) in [6, 6.07) is 0. The van der Waals surface area contributed by atoms with E-state index >= 15 is 0 Å². The van der Waals surface area contributed by atoms with Gasteiger partial charge in [0.05, 0.1) is 13.2 Å². The van der Waals surface area contributed by atoms with Crippen molar-refractivity contribution in [3.8, 4) is 0 Å². The molecule has 1 aromatic rings. The van der Waals surface area contributed by atoms with E-state index in [2.05, 4.69) is 4.37 Å². The number of nitrogens with one attached hydrogen (secondary N) is 1.